The first-order chi connectivity index (χ1) is 9.72. The van der Waals surface area contributed by atoms with Crippen molar-refractivity contribution in [2.75, 3.05) is 6.54 Å². The molecule has 0 spiro atoms. The fourth-order valence-corrected chi connectivity index (χ4v) is 3.34. The SMILES string of the molecule is Cc1ccccc1C(CNC1CC1)CC1CCC(C)O1. The van der Waals surface area contributed by atoms with Crippen molar-refractivity contribution >= 4 is 0 Å². The zero-order chi connectivity index (χ0) is 13.9. The van der Waals surface area contributed by atoms with Crippen LogP contribution < -0.4 is 5.32 Å². The molecule has 0 bridgehead atoms. The summed E-state index contributed by atoms with van der Waals surface area (Å²) in [5.74, 6) is 0.590. The average molecular weight is 273 g/mol. The maximum Gasteiger partial charge on any atom is 0.0586 e. The Labute approximate surface area is 122 Å². The van der Waals surface area contributed by atoms with E-state index in [9.17, 15) is 0 Å². The van der Waals surface area contributed by atoms with Crippen molar-refractivity contribution in [3.8, 4) is 0 Å². The van der Waals surface area contributed by atoms with Gasteiger partial charge in [-0.05, 0) is 63.0 Å². The summed E-state index contributed by atoms with van der Waals surface area (Å²) >= 11 is 0. The Hall–Kier alpha value is -0.860. The van der Waals surface area contributed by atoms with Gasteiger partial charge in [0.05, 0.1) is 12.2 Å². The van der Waals surface area contributed by atoms with Gasteiger partial charge in [-0.15, -0.1) is 0 Å². The van der Waals surface area contributed by atoms with Gasteiger partial charge in [-0.2, -0.15) is 0 Å². The highest BCUT2D eigenvalue weighted by Crippen LogP contribution is 2.31. The van der Waals surface area contributed by atoms with Crippen molar-refractivity contribution in [1.82, 2.24) is 5.32 Å². The van der Waals surface area contributed by atoms with E-state index < -0.39 is 0 Å². The molecular weight excluding hydrogens is 246 g/mol. The second-order valence-corrected chi connectivity index (χ2v) is 6.62. The van der Waals surface area contributed by atoms with E-state index in [1.54, 1.807) is 0 Å². The molecule has 2 aliphatic rings. The molecule has 0 radical (unpaired) electrons. The maximum absolute atomic E-state index is 6.05. The third kappa shape index (κ3) is 3.62. The predicted octanol–water partition coefficient (Wildman–Crippen LogP) is 3.79. The second kappa shape index (κ2) is 6.28. The van der Waals surface area contributed by atoms with Crippen molar-refractivity contribution in [1.29, 1.82) is 0 Å². The van der Waals surface area contributed by atoms with E-state index in [0.29, 0.717) is 18.1 Å². The van der Waals surface area contributed by atoms with Gasteiger partial charge in [-0.25, -0.2) is 0 Å². The minimum atomic E-state index is 0.453. The van der Waals surface area contributed by atoms with Gasteiger partial charge >= 0.3 is 0 Å². The molecule has 1 heterocycles. The summed E-state index contributed by atoms with van der Waals surface area (Å²) in [6.07, 6.45) is 7.24. The molecular formula is C18H27NO. The summed E-state index contributed by atoms with van der Waals surface area (Å²) in [7, 11) is 0. The molecule has 20 heavy (non-hydrogen) atoms. The van der Waals surface area contributed by atoms with Crippen LogP contribution in [0.3, 0.4) is 0 Å². The van der Waals surface area contributed by atoms with Gasteiger partial charge < -0.3 is 10.1 Å². The van der Waals surface area contributed by atoms with E-state index >= 15 is 0 Å². The lowest BCUT2D eigenvalue weighted by molar-refractivity contribution is 0.0465. The van der Waals surface area contributed by atoms with Crippen LogP contribution >= 0.6 is 0 Å². The number of benzene rings is 1. The van der Waals surface area contributed by atoms with E-state index in [0.717, 1.165) is 19.0 Å². The predicted molar refractivity (Wildman–Crippen MR) is 83.1 cm³/mol. The lowest BCUT2D eigenvalue weighted by atomic mass is 9.89. The Kier molecular flexibility index (Phi) is 4.42. The molecule has 1 aliphatic heterocycles. The number of hydrogen-bond acceptors (Lipinski definition) is 2. The van der Waals surface area contributed by atoms with Crippen LogP contribution in [0.15, 0.2) is 24.3 Å². The smallest absolute Gasteiger partial charge is 0.0586 e. The topological polar surface area (TPSA) is 21.3 Å². The van der Waals surface area contributed by atoms with E-state index in [1.807, 2.05) is 0 Å². The zero-order valence-corrected chi connectivity index (χ0v) is 12.8. The summed E-state index contributed by atoms with van der Waals surface area (Å²) < 4.78 is 6.05. The fourth-order valence-electron chi connectivity index (χ4n) is 3.34. The van der Waals surface area contributed by atoms with Crippen molar-refractivity contribution < 1.29 is 4.74 Å². The molecule has 110 valence electrons. The number of aryl methyl sites for hydroxylation is 1. The molecule has 1 N–H and O–H groups in total. The number of rotatable bonds is 6. The van der Waals surface area contributed by atoms with Gasteiger partial charge in [0.15, 0.2) is 0 Å². The van der Waals surface area contributed by atoms with Crippen molar-refractivity contribution in [3.05, 3.63) is 35.4 Å². The Balaban J connectivity index is 1.67. The molecule has 2 heteroatoms. The molecule has 1 saturated carbocycles. The highest BCUT2D eigenvalue weighted by atomic mass is 16.5. The summed E-state index contributed by atoms with van der Waals surface area (Å²) in [4.78, 5) is 0. The normalized spacial score (nSPS) is 27.7. The molecule has 3 atom stereocenters. The minimum absolute atomic E-state index is 0.453. The molecule has 2 nitrogen and oxygen atoms in total. The van der Waals surface area contributed by atoms with Gasteiger partial charge in [0.25, 0.3) is 0 Å². The molecule has 1 aromatic carbocycles. The third-order valence-electron chi connectivity index (χ3n) is 4.73. The molecule has 1 saturated heterocycles. The van der Waals surface area contributed by atoms with Crippen molar-refractivity contribution in [3.63, 3.8) is 0 Å². The second-order valence-electron chi connectivity index (χ2n) is 6.62. The number of nitrogens with one attached hydrogen (secondary N) is 1. The zero-order valence-electron chi connectivity index (χ0n) is 12.8. The largest absolute Gasteiger partial charge is 0.375 e. The van der Waals surface area contributed by atoms with Crippen LogP contribution in [0, 0.1) is 6.92 Å². The molecule has 2 fully saturated rings. The third-order valence-corrected chi connectivity index (χ3v) is 4.73. The lowest BCUT2D eigenvalue weighted by Crippen LogP contribution is -2.26. The summed E-state index contributed by atoms with van der Waals surface area (Å²) in [5, 5.41) is 3.71. The standard InChI is InChI=1S/C18H27NO/c1-13-5-3-4-6-18(13)15(12-19-16-8-9-16)11-17-10-7-14(2)20-17/h3-6,14-17,19H,7-12H2,1-2H3. The first kappa shape index (κ1) is 14.1. The first-order valence-electron chi connectivity index (χ1n) is 8.16. The average Bonchev–Trinajstić information content (AvgIpc) is 3.18. The Morgan fingerprint density at radius 2 is 2.00 bits per heavy atom. The van der Waals surface area contributed by atoms with Gasteiger partial charge in [-0.3, -0.25) is 0 Å². The Morgan fingerprint density at radius 3 is 2.65 bits per heavy atom. The van der Waals surface area contributed by atoms with Gasteiger partial charge in [-0.1, -0.05) is 24.3 Å². The molecule has 1 aliphatic carbocycles. The fraction of sp³-hybridized carbons (Fsp3) is 0.667. The van der Waals surface area contributed by atoms with Crippen molar-refractivity contribution in [2.45, 2.75) is 70.1 Å². The first-order valence-corrected chi connectivity index (χ1v) is 8.16. The van der Waals surface area contributed by atoms with Crippen LogP contribution in [-0.2, 0) is 4.74 Å². The van der Waals surface area contributed by atoms with E-state index in [1.165, 1.54) is 36.8 Å². The summed E-state index contributed by atoms with van der Waals surface area (Å²) in [6, 6.07) is 9.62. The van der Waals surface area contributed by atoms with Crippen LogP contribution in [0.5, 0.6) is 0 Å². The Bertz CT molecular complexity index is 441. The minimum Gasteiger partial charge on any atom is -0.375 e. The molecule has 0 amide bonds. The van der Waals surface area contributed by atoms with Gasteiger partial charge in [0.1, 0.15) is 0 Å². The summed E-state index contributed by atoms with van der Waals surface area (Å²) in [5.41, 5.74) is 2.92. The van der Waals surface area contributed by atoms with Crippen LogP contribution in [-0.4, -0.2) is 24.8 Å². The highest BCUT2D eigenvalue weighted by Gasteiger charge is 2.28. The monoisotopic (exact) mass is 273 g/mol. The van der Waals surface area contributed by atoms with Crippen LogP contribution in [0.1, 0.15) is 56.1 Å². The van der Waals surface area contributed by atoms with E-state index in [4.69, 9.17) is 4.74 Å². The van der Waals surface area contributed by atoms with E-state index in [-0.39, 0.29) is 0 Å². The highest BCUT2D eigenvalue weighted by molar-refractivity contribution is 5.29. The quantitative estimate of drug-likeness (QED) is 0.851. The number of ether oxygens (including phenoxy) is 1. The van der Waals surface area contributed by atoms with Crippen molar-refractivity contribution in [2.24, 2.45) is 0 Å². The van der Waals surface area contributed by atoms with Crippen LogP contribution in [0.2, 0.25) is 0 Å². The molecule has 3 unspecified atom stereocenters. The summed E-state index contributed by atoms with van der Waals surface area (Å²) in [6.45, 7) is 5.53. The van der Waals surface area contributed by atoms with Gasteiger partial charge in [0, 0.05) is 12.6 Å². The Morgan fingerprint density at radius 1 is 1.20 bits per heavy atom. The molecule has 1 aromatic rings. The number of hydrogen-bond donors (Lipinski definition) is 1. The molecule has 0 aromatic heterocycles. The van der Waals surface area contributed by atoms with E-state index in [2.05, 4.69) is 43.4 Å². The van der Waals surface area contributed by atoms with Crippen LogP contribution in [0.25, 0.3) is 0 Å². The van der Waals surface area contributed by atoms with Gasteiger partial charge in [0.2, 0.25) is 0 Å². The molecule has 3 rings (SSSR count). The van der Waals surface area contributed by atoms with Crippen LogP contribution in [0.4, 0.5) is 0 Å². The maximum atomic E-state index is 6.05. The lowest BCUT2D eigenvalue weighted by Gasteiger charge is -2.23.